The molecule has 0 bridgehead atoms. The molecule has 2 aromatic carbocycles. The van der Waals surface area contributed by atoms with E-state index in [0.29, 0.717) is 18.7 Å². The summed E-state index contributed by atoms with van der Waals surface area (Å²) in [4.78, 5) is 12.6. The van der Waals surface area contributed by atoms with Gasteiger partial charge >= 0.3 is 0 Å². The summed E-state index contributed by atoms with van der Waals surface area (Å²) in [7, 11) is -1.21. The van der Waals surface area contributed by atoms with Crippen LogP contribution in [0.4, 0.5) is 0 Å². The Hall–Kier alpha value is -1.94. The Kier molecular flexibility index (Phi) is 8.43. The molecular formula is C22H31N2O3P. The molecule has 1 aliphatic heterocycles. The van der Waals surface area contributed by atoms with Crippen LogP contribution in [0, 0.1) is 0 Å². The highest BCUT2D eigenvalue weighted by atomic mass is 31.2. The molecule has 6 heteroatoms. The number of piperidine rings is 1. The Morgan fingerprint density at radius 1 is 1.04 bits per heavy atom. The summed E-state index contributed by atoms with van der Waals surface area (Å²) in [6.45, 7) is 6.97. The molecule has 5 nitrogen and oxygen atoms in total. The predicted molar refractivity (Wildman–Crippen MR) is 116 cm³/mol. The number of rotatable bonds is 5. The van der Waals surface area contributed by atoms with Gasteiger partial charge in [-0.15, -0.1) is 0 Å². The van der Waals surface area contributed by atoms with E-state index in [9.17, 15) is 9.36 Å². The third-order valence-electron chi connectivity index (χ3n) is 4.89. The Bertz CT molecular complexity index is 802. The van der Waals surface area contributed by atoms with Gasteiger partial charge in [0.25, 0.3) is 13.4 Å². The number of carbonyl (C=O) groups excluding carboxylic acids is 1. The zero-order chi connectivity index (χ0) is 20.6. The maximum absolute atomic E-state index is 12.6. The van der Waals surface area contributed by atoms with Crippen LogP contribution in [0.25, 0.3) is 11.1 Å². The molecular weight excluding hydrogens is 371 g/mol. The summed E-state index contributed by atoms with van der Waals surface area (Å²) in [6.07, 6.45) is 1.54. The van der Waals surface area contributed by atoms with E-state index in [1.807, 2.05) is 73.1 Å². The van der Waals surface area contributed by atoms with Gasteiger partial charge < -0.3 is 9.84 Å². The first-order valence-electron chi connectivity index (χ1n) is 9.84. The molecule has 1 aliphatic rings. The first-order chi connectivity index (χ1) is 13.5. The highest BCUT2D eigenvalue weighted by Gasteiger charge is 2.30. The lowest BCUT2D eigenvalue weighted by Gasteiger charge is -2.34. The molecule has 28 heavy (non-hydrogen) atoms. The van der Waals surface area contributed by atoms with Gasteiger partial charge in [0.05, 0.1) is 0 Å². The number of amides is 1. The third kappa shape index (κ3) is 5.78. The van der Waals surface area contributed by atoms with Crippen molar-refractivity contribution in [3.63, 3.8) is 0 Å². The molecule has 0 radical (unpaired) electrons. The quantitative estimate of drug-likeness (QED) is 0.712. The summed E-state index contributed by atoms with van der Waals surface area (Å²) in [5, 5.41) is 3.11. The van der Waals surface area contributed by atoms with Crippen LogP contribution in [-0.2, 0) is 9.09 Å². The Balaban J connectivity index is 0.00000136. The molecule has 1 amide bonds. The average molecular weight is 402 g/mol. The second-order valence-electron chi connectivity index (χ2n) is 6.63. The van der Waals surface area contributed by atoms with Crippen LogP contribution >= 0.6 is 7.52 Å². The van der Waals surface area contributed by atoms with Crippen molar-refractivity contribution >= 4 is 13.4 Å². The van der Waals surface area contributed by atoms with Crippen LogP contribution in [0.1, 0.15) is 37.0 Å². The topological polar surface area (TPSA) is 58.6 Å². The molecule has 0 saturated carbocycles. The lowest BCUT2D eigenvalue weighted by molar-refractivity contribution is 0.0922. The molecule has 152 valence electrons. The van der Waals surface area contributed by atoms with Gasteiger partial charge in [0, 0.05) is 38.5 Å². The van der Waals surface area contributed by atoms with Gasteiger partial charge in [0.1, 0.15) is 0 Å². The molecule has 1 saturated heterocycles. The van der Waals surface area contributed by atoms with E-state index in [1.54, 1.807) is 6.66 Å². The van der Waals surface area contributed by atoms with E-state index in [4.69, 9.17) is 4.52 Å². The minimum atomic E-state index is -2.69. The van der Waals surface area contributed by atoms with Crippen molar-refractivity contribution in [1.29, 1.82) is 0 Å². The monoisotopic (exact) mass is 402 g/mol. The van der Waals surface area contributed by atoms with Crippen LogP contribution in [-0.4, -0.2) is 43.5 Å². The number of benzene rings is 2. The zero-order valence-electron chi connectivity index (χ0n) is 17.2. The smallest absolute Gasteiger partial charge is 0.269 e. The van der Waals surface area contributed by atoms with Crippen molar-refractivity contribution in [3.05, 3.63) is 60.2 Å². The Morgan fingerprint density at radius 2 is 1.64 bits per heavy atom. The normalized spacial score (nSPS) is 17.1. The largest absolute Gasteiger partial charge is 0.349 e. The van der Waals surface area contributed by atoms with E-state index < -0.39 is 7.52 Å². The molecule has 1 N–H and O–H groups in total. The SMILES string of the molecule is CC.COP(C)(=O)N1CCC(NC(=O)c2cccc(-c3ccccc3)c2)CC1. The van der Waals surface area contributed by atoms with Gasteiger partial charge in [-0.2, -0.15) is 0 Å². The maximum Gasteiger partial charge on any atom is 0.269 e. The van der Waals surface area contributed by atoms with E-state index in [2.05, 4.69) is 5.32 Å². The van der Waals surface area contributed by atoms with Crippen molar-refractivity contribution in [2.45, 2.75) is 32.7 Å². The number of hydrogen-bond donors (Lipinski definition) is 1. The van der Waals surface area contributed by atoms with Gasteiger partial charge in [0.15, 0.2) is 0 Å². The maximum atomic E-state index is 12.6. The van der Waals surface area contributed by atoms with Crippen LogP contribution in [0.5, 0.6) is 0 Å². The van der Waals surface area contributed by atoms with E-state index >= 15 is 0 Å². The molecule has 1 heterocycles. The zero-order valence-corrected chi connectivity index (χ0v) is 18.1. The molecule has 0 aliphatic carbocycles. The van der Waals surface area contributed by atoms with Crippen molar-refractivity contribution in [2.75, 3.05) is 26.9 Å². The first kappa shape index (κ1) is 22.4. The molecule has 1 unspecified atom stereocenters. The lowest BCUT2D eigenvalue weighted by atomic mass is 10.0. The van der Waals surface area contributed by atoms with Crippen molar-refractivity contribution in [2.24, 2.45) is 0 Å². The number of carbonyl (C=O) groups is 1. The van der Waals surface area contributed by atoms with Crippen LogP contribution < -0.4 is 5.32 Å². The first-order valence-corrected chi connectivity index (χ1v) is 11.9. The molecule has 1 atom stereocenters. The van der Waals surface area contributed by atoms with Crippen molar-refractivity contribution in [3.8, 4) is 11.1 Å². The second kappa shape index (κ2) is 10.6. The fourth-order valence-corrected chi connectivity index (χ4v) is 4.42. The summed E-state index contributed by atoms with van der Waals surface area (Å²) >= 11 is 0. The highest BCUT2D eigenvalue weighted by Crippen LogP contribution is 2.47. The second-order valence-corrected chi connectivity index (χ2v) is 9.17. The average Bonchev–Trinajstić information content (AvgIpc) is 2.76. The molecule has 0 spiro atoms. The summed E-state index contributed by atoms with van der Waals surface area (Å²) in [6, 6.07) is 17.8. The Morgan fingerprint density at radius 3 is 2.25 bits per heavy atom. The summed E-state index contributed by atoms with van der Waals surface area (Å²) in [5.41, 5.74) is 2.78. The van der Waals surface area contributed by atoms with E-state index in [1.165, 1.54) is 7.11 Å². The lowest BCUT2D eigenvalue weighted by Crippen LogP contribution is -2.43. The van der Waals surface area contributed by atoms with Gasteiger partial charge in [0.2, 0.25) is 0 Å². The van der Waals surface area contributed by atoms with Crippen molar-refractivity contribution in [1.82, 2.24) is 9.99 Å². The van der Waals surface area contributed by atoms with Crippen molar-refractivity contribution < 1.29 is 13.9 Å². The summed E-state index contributed by atoms with van der Waals surface area (Å²) < 4.78 is 19.3. The molecule has 3 rings (SSSR count). The molecule has 1 fully saturated rings. The minimum Gasteiger partial charge on any atom is -0.349 e. The van der Waals surface area contributed by atoms with Crippen LogP contribution in [0.15, 0.2) is 54.6 Å². The van der Waals surface area contributed by atoms with Gasteiger partial charge in [-0.05, 0) is 36.1 Å². The number of nitrogens with one attached hydrogen (secondary N) is 1. The molecule has 0 aromatic heterocycles. The fourth-order valence-electron chi connectivity index (χ4n) is 3.23. The Labute approximate surface area is 168 Å². The summed E-state index contributed by atoms with van der Waals surface area (Å²) in [5.74, 6) is -0.0624. The molecule has 2 aromatic rings. The standard InChI is InChI=1S/C20H25N2O3P.C2H6/c1-25-26(2,24)22-13-11-19(12-14-22)21-20(23)18-10-6-9-17(15-18)16-7-4-3-5-8-16;1-2/h3-10,15,19H,11-14H2,1-2H3,(H,21,23);1-2H3. The van der Waals surface area contributed by atoms with Gasteiger partial charge in [-0.3, -0.25) is 9.36 Å². The minimum absolute atomic E-state index is 0.0624. The van der Waals surface area contributed by atoms with E-state index in [-0.39, 0.29) is 11.9 Å². The number of hydrogen-bond acceptors (Lipinski definition) is 3. The van der Waals surface area contributed by atoms with Gasteiger partial charge in [-0.1, -0.05) is 56.3 Å². The third-order valence-corrected chi connectivity index (χ3v) is 7.00. The van der Waals surface area contributed by atoms with Crippen LogP contribution in [0.2, 0.25) is 0 Å². The van der Waals surface area contributed by atoms with Crippen LogP contribution in [0.3, 0.4) is 0 Å². The highest BCUT2D eigenvalue weighted by molar-refractivity contribution is 7.55. The fraction of sp³-hybridized carbons (Fsp3) is 0.409. The predicted octanol–water partition coefficient (Wildman–Crippen LogP) is 5.04. The van der Waals surface area contributed by atoms with Gasteiger partial charge in [-0.25, -0.2) is 4.67 Å². The number of nitrogens with zero attached hydrogens (tertiary/aromatic N) is 1. The van der Waals surface area contributed by atoms with E-state index in [0.717, 1.165) is 24.0 Å².